The van der Waals surface area contributed by atoms with E-state index in [1.54, 1.807) is 38.4 Å². The number of hydrogen-bond donors (Lipinski definition) is 1. The van der Waals surface area contributed by atoms with Crippen molar-refractivity contribution >= 4 is 11.8 Å². The second-order valence-electron chi connectivity index (χ2n) is 7.51. The van der Waals surface area contributed by atoms with Gasteiger partial charge in [-0.2, -0.15) is 18.3 Å². The average molecular weight is 430 g/mol. The maximum Gasteiger partial charge on any atom is 0.420 e. The van der Waals surface area contributed by atoms with Gasteiger partial charge in [0.1, 0.15) is 17.1 Å². The second-order valence-corrected chi connectivity index (χ2v) is 7.51. The maximum atomic E-state index is 14.0. The first-order valence-corrected chi connectivity index (χ1v) is 9.89. The van der Waals surface area contributed by atoms with Crippen molar-refractivity contribution in [3.8, 4) is 28.1 Å². The van der Waals surface area contributed by atoms with Crippen molar-refractivity contribution in [2.75, 3.05) is 5.73 Å². The highest BCUT2D eigenvalue weighted by Crippen LogP contribution is 2.44. The topological polar surface area (TPSA) is 83.0 Å². The molecule has 1 fully saturated rings. The number of esters is 1. The van der Waals surface area contributed by atoms with Crippen LogP contribution in [0.15, 0.2) is 36.7 Å². The molecule has 0 aliphatic heterocycles. The van der Waals surface area contributed by atoms with E-state index >= 15 is 0 Å². The van der Waals surface area contributed by atoms with Crippen molar-refractivity contribution in [2.24, 2.45) is 13.0 Å². The Kier molecular flexibility index (Phi) is 5.20. The van der Waals surface area contributed by atoms with Crippen molar-refractivity contribution in [1.29, 1.82) is 0 Å². The van der Waals surface area contributed by atoms with E-state index in [0.29, 0.717) is 41.0 Å². The first-order valence-electron chi connectivity index (χ1n) is 9.89. The predicted octanol–water partition coefficient (Wildman–Crippen LogP) is 4.63. The van der Waals surface area contributed by atoms with Crippen LogP contribution in [0.1, 0.15) is 30.9 Å². The fraction of sp³-hybridized carbons (Fsp3) is 0.318. The van der Waals surface area contributed by atoms with Crippen LogP contribution >= 0.6 is 0 Å². The summed E-state index contributed by atoms with van der Waals surface area (Å²) >= 11 is 0. The number of anilines is 1. The molecule has 3 aromatic rings. The average Bonchev–Trinajstić information content (AvgIpc) is 3.53. The maximum absolute atomic E-state index is 14.0. The van der Waals surface area contributed by atoms with Crippen LogP contribution in [0.5, 0.6) is 5.75 Å². The van der Waals surface area contributed by atoms with Gasteiger partial charge in [0.25, 0.3) is 0 Å². The lowest BCUT2D eigenvalue weighted by molar-refractivity contribution is -0.143. The van der Waals surface area contributed by atoms with Crippen molar-refractivity contribution in [3.05, 3.63) is 47.8 Å². The molecule has 1 aromatic carbocycles. The summed E-state index contributed by atoms with van der Waals surface area (Å²) in [4.78, 5) is 16.4. The molecule has 0 saturated heterocycles. The molecule has 2 heterocycles. The number of pyridine rings is 1. The van der Waals surface area contributed by atoms with E-state index < -0.39 is 23.5 Å². The summed E-state index contributed by atoms with van der Waals surface area (Å²) in [5.41, 5.74) is 7.24. The molecule has 0 bridgehead atoms. The normalized spacial score (nSPS) is 14.0. The zero-order valence-electron chi connectivity index (χ0n) is 17.0. The molecule has 2 aromatic heterocycles. The van der Waals surface area contributed by atoms with E-state index in [4.69, 9.17) is 10.5 Å². The number of carbonyl (C=O) groups is 1. The summed E-state index contributed by atoms with van der Waals surface area (Å²) < 4.78 is 48.5. The number of nitrogen functional groups attached to an aromatic ring is 1. The lowest BCUT2D eigenvalue weighted by Gasteiger charge is -2.20. The van der Waals surface area contributed by atoms with Gasteiger partial charge in [0.2, 0.25) is 0 Å². The standard InChI is InChI=1S/C22H21F3N4O2/c1-3-14-15(13-6-8-17(27-10-13)16-11-28-29(2)20(16)26)7-9-18(19(14)22(23,24)25)31-21(30)12-4-5-12/h6-12H,3-5,26H2,1-2H3. The Labute approximate surface area is 176 Å². The van der Waals surface area contributed by atoms with Crippen LogP contribution in [0.3, 0.4) is 0 Å². The Bertz CT molecular complexity index is 1130. The van der Waals surface area contributed by atoms with Gasteiger partial charge in [-0.25, -0.2) is 0 Å². The zero-order chi connectivity index (χ0) is 22.3. The first kappa shape index (κ1) is 20.9. The summed E-state index contributed by atoms with van der Waals surface area (Å²) in [6, 6.07) is 6.14. The van der Waals surface area contributed by atoms with Crippen LogP contribution in [0, 0.1) is 5.92 Å². The molecule has 31 heavy (non-hydrogen) atoms. The monoisotopic (exact) mass is 430 g/mol. The number of benzene rings is 1. The van der Waals surface area contributed by atoms with Crippen LogP contribution in [-0.4, -0.2) is 20.7 Å². The molecule has 1 saturated carbocycles. The summed E-state index contributed by atoms with van der Waals surface area (Å²) in [6.45, 7) is 1.64. The molecule has 162 valence electrons. The number of halogens is 3. The lowest BCUT2D eigenvalue weighted by Crippen LogP contribution is -2.17. The molecule has 0 unspecified atom stereocenters. The third-order valence-electron chi connectivity index (χ3n) is 5.37. The summed E-state index contributed by atoms with van der Waals surface area (Å²) in [5.74, 6) is -0.920. The van der Waals surface area contributed by atoms with E-state index in [2.05, 4.69) is 10.1 Å². The van der Waals surface area contributed by atoms with Gasteiger partial charge >= 0.3 is 12.1 Å². The molecule has 6 nitrogen and oxygen atoms in total. The number of aromatic nitrogens is 3. The number of aryl methyl sites for hydroxylation is 1. The fourth-order valence-electron chi connectivity index (χ4n) is 3.53. The van der Waals surface area contributed by atoms with E-state index in [1.165, 1.54) is 16.9 Å². The van der Waals surface area contributed by atoms with Crippen molar-refractivity contribution in [2.45, 2.75) is 32.4 Å². The number of carbonyl (C=O) groups excluding carboxylic acids is 1. The SMILES string of the molecule is CCc1c(-c2ccc(-c3cnn(C)c3N)nc2)ccc(OC(=O)C2CC2)c1C(F)(F)F. The number of nitrogens with zero attached hydrogens (tertiary/aromatic N) is 3. The minimum absolute atomic E-state index is 0.0593. The van der Waals surface area contributed by atoms with Crippen LogP contribution in [0.4, 0.5) is 19.0 Å². The Morgan fingerprint density at radius 1 is 1.19 bits per heavy atom. The fourth-order valence-corrected chi connectivity index (χ4v) is 3.53. The molecule has 0 radical (unpaired) electrons. The van der Waals surface area contributed by atoms with Gasteiger partial charge in [0.05, 0.1) is 23.4 Å². The Morgan fingerprint density at radius 2 is 1.94 bits per heavy atom. The Hall–Kier alpha value is -3.36. The highest BCUT2D eigenvalue weighted by atomic mass is 19.4. The molecule has 4 rings (SSSR count). The second kappa shape index (κ2) is 7.72. The molecular formula is C22H21F3N4O2. The van der Waals surface area contributed by atoms with E-state index in [0.717, 1.165) is 0 Å². The molecule has 1 aliphatic rings. The van der Waals surface area contributed by atoms with Crippen molar-refractivity contribution < 1.29 is 22.7 Å². The quantitative estimate of drug-likeness (QED) is 0.471. The highest BCUT2D eigenvalue weighted by molar-refractivity contribution is 5.79. The molecule has 1 aliphatic carbocycles. The van der Waals surface area contributed by atoms with Crippen LogP contribution in [0.2, 0.25) is 0 Å². The molecule has 0 spiro atoms. The Balaban J connectivity index is 1.75. The summed E-state index contributed by atoms with van der Waals surface area (Å²) in [5, 5.41) is 4.07. The van der Waals surface area contributed by atoms with E-state index in [1.807, 2.05) is 0 Å². The minimum Gasteiger partial charge on any atom is -0.426 e. The number of ether oxygens (including phenoxy) is 1. The number of rotatable bonds is 5. The molecule has 9 heteroatoms. The summed E-state index contributed by atoms with van der Waals surface area (Å²) in [6.07, 6.45) is -0.170. The van der Waals surface area contributed by atoms with Gasteiger partial charge in [-0.05, 0) is 42.5 Å². The van der Waals surface area contributed by atoms with E-state index in [-0.39, 0.29) is 17.9 Å². The van der Waals surface area contributed by atoms with E-state index in [9.17, 15) is 18.0 Å². The van der Waals surface area contributed by atoms with Gasteiger partial charge < -0.3 is 10.5 Å². The predicted molar refractivity (Wildman–Crippen MR) is 109 cm³/mol. The van der Waals surface area contributed by atoms with Gasteiger partial charge in [-0.1, -0.05) is 19.1 Å². The molecule has 0 atom stereocenters. The third-order valence-corrected chi connectivity index (χ3v) is 5.37. The number of alkyl halides is 3. The number of nitrogens with two attached hydrogens (primary N) is 1. The van der Waals surface area contributed by atoms with Crippen molar-refractivity contribution in [1.82, 2.24) is 14.8 Å². The smallest absolute Gasteiger partial charge is 0.420 e. The van der Waals surface area contributed by atoms with Gasteiger partial charge in [-0.15, -0.1) is 0 Å². The van der Waals surface area contributed by atoms with Crippen LogP contribution < -0.4 is 10.5 Å². The third kappa shape index (κ3) is 3.99. The molecule has 2 N–H and O–H groups in total. The Morgan fingerprint density at radius 3 is 2.45 bits per heavy atom. The summed E-state index contributed by atoms with van der Waals surface area (Å²) in [7, 11) is 1.71. The first-order chi connectivity index (χ1) is 14.7. The molecular weight excluding hydrogens is 409 g/mol. The zero-order valence-corrected chi connectivity index (χ0v) is 17.0. The largest absolute Gasteiger partial charge is 0.426 e. The number of hydrogen-bond acceptors (Lipinski definition) is 5. The van der Waals surface area contributed by atoms with Gasteiger partial charge in [0, 0.05) is 18.8 Å². The molecule has 0 amide bonds. The van der Waals surface area contributed by atoms with Gasteiger partial charge in [-0.3, -0.25) is 14.5 Å². The highest BCUT2D eigenvalue weighted by Gasteiger charge is 2.40. The van der Waals surface area contributed by atoms with Gasteiger partial charge in [0.15, 0.2) is 0 Å². The minimum atomic E-state index is -4.67. The van der Waals surface area contributed by atoms with Crippen molar-refractivity contribution in [3.63, 3.8) is 0 Å². The lowest BCUT2D eigenvalue weighted by atomic mass is 9.93. The van der Waals surface area contributed by atoms with Crippen LogP contribution in [-0.2, 0) is 24.4 Å². The van der Waals surface area contributed by atoms with Crippen LogP contribution in [0.25, 0.3) is 22.4 Å².